The van der Waals surface area contributed by atoms with Crippen LogP contribution in [0.2, 0.25) is 0 Å². The molecule has 0 fully saturated rings. The van der Waals surface area contributed by atoms with Gasteiger partial charge in [0.1, 0.15) is 11.6 Å². The highest BCUT2D eigenvalue weighted by Gasteiger charge is 2.00. The van der Waals surface area contributed by atoms with Gasteiger partial charge in [-0.05, 0) is 12.8 Å². The molecule has 0 saturated carbocycles. The Bertz CT molecular complexity index is 382. The molecule has 1 aromatic heterocycles. The number of amides is 1. The van der Waals surface area contributed by atoms with E-state index in [0.717, 1.165) is 12.8 Å². The standard InChI is InChI=1S/C9H17N7O/c10-6(17)3-1-2-4-13-7-5-8(16-12)15-9(11)14-7/h5H,1-4,12H2,(H2,10,17)(H4,11,13,14,15,16). The van der Waals surface area contributed by atoms with Gasteiger partial charge in [0.15, 0.2) is 0 Å². The van der Waals surface area contributed by atoms with Crippen LogP contribution in [0.3, 0.4) is 0 Å². The van der Waals surface area contributed by atoms with Crippen molar-refractivity contribution in [1.29, 1.82) is 0 Å². The lowest BCUT2D eigenvalue weighted by Crippen LogP contribution is -2.13. The molecule has 0 saturated heterocycles. The lowest BCUT2D eigenvalue weighted by molar-refractivity contribution is -0.118. The molecule has 0 radical (unpaired) electrons. The number of nitrogen functional groups attached to an aromatic ring is 2. The maximum Gasteiger partial charge on any atom is 0.223 e. The van der Waals surface area contributed by atoms with Crippen molar-refractivity contribution in [2.45, 2.75) is 19.3 Å². The number of primary amides is 1. The maximum atomic E-state index is 10.5. The molecule has 1 heterocycles. The van der Waals surface area contributed by atoms with E-state index in [0.29, 0.717) is 24.6 Å². The van der Waals surface area contributed by atoms with E-state index in [4.69, 9.17) is 17.3 Å². The number of nitrogens with zero attached hydrogens (tertiary/aromatic N) is 2. The highest BCUT2D eigenvalue weighted by Crippen LogP contribution is 2.11. The highest BCUT2D eigenvalue weighted by molar-refractivity contribution is 5.73. The number of hydrogen-bond acceptors (Lipinski definition) is 7. The van der Waals surface area contributed by atoms with Gasteiger partial charge in [0, 0.05) is 19.0 Å². The minimum absolute atomic E-state index is 0.139. The molecule has 1 rings (SSSR count). The normalized spacial score (nSPS) is 9.94. The van der Waals surface area contributed by atoms with Gasteiger partial charge in [-0.2, -0.15) is 9.97 Å². The van der Waals surface area contributed by atoms with Gasteiger partial charge < -0.3 is 22.2 Å². The first-order valence-corrected chi connectivity index (χ1v) is 5.25. The number of unbranched alkanes of at least 4 members (excludes halogenated alkanes) is 1. The van der Waals surface area contributed by atoms with Crippen molar-refractivity contribution >= 4 is 23.5 Å². The topological polar surface area (TPSA) is 145 Å². The van der Waals surface area contributed by atoms with E-state index in [1.807, 2.05) is 0 Å². The van der Waals surface area contributed by atoms with E-state index >= 15 is 0 Å². The third-order valence-electron chi connectivity index (χ3n) is 2.05. The van der Waals surface area contributed by atoms with Gasteiger partial charge in [0.25, 0.3) is 0 Å². The summed E-state index contributed by atoms with van der Waals surface area (Å²) in [6, 6.07) is 1.64. The lowest BCUT2D eigenvalue weighted by atomic mass is 10.2. The fourth-order valence-electron chi connectivity index (χ4n) is 1.27. The molecule has 8 N–H and O–H groups in total. The van der Waals surface area contributed by atoms with Gasteiger partial charge in [0.2, 0.25) is 11.9 Å². The zero-order valence-electron chi connectivity index (χ0n) is 9.44. The number of aromatic nitrogens is 2. The number of carbonyl (C=O) groups excluding carboxylic acids is 1. The van der Waals surface area contributed by atoms with Crippen LogP contribution in [-0.4, -0.2) is 22.4 Å². The number of anilines is 3. The Balaban J connectivity index is 2.36. The smallest absolute Gasteiger partial charge is 0.223 e. The largest absolute Gasteiger partial charge is 0.370 e. The van der Waals surface area contributed by atoms with E-state index in [1.54, 1.807) is 6.07 Å². The second-order valence-electron chi connectivity index (χ2n) is 3.49. The summed E-state index contributed by atoms with van der Waals surface area (Å²) in [5.41, 5.74) is 12.9. The molecular formula is C9H17N7O. The molecule has 0 unspecified atom stereocenters. The van der Waals surface area contributed by atoms with Gasteiger partial charge in [-0.1, -0.05) is 0 Å². The molecule has 0 bridgehead atoms. The Labute approximate surface area is 98.9 Å². The first kappa shape index (κ1) is 13.0. The second-order valence-corrected chi connectivity index (χ2v) is 3.49. The average Bonchev–Trinajstić information content (AvgIpc) is 2.27. The number of hydrazine groups is 1. The molecule has 0 aliphatic rings. The summed E-state index contributed by atoms with van der Waals surface area (Å²) in [7, 11) is 0. The summed E-state index contributed by atoms with van der Waals surface area (Å²) in [6.07, 6.45) is 1.95. The van der Waals surface area contributed by atoms with Crippen LogP contribution in [-0.2, 0) is 4.79 Å². The van der Waals surface area contributed by atoms with Crippen LogP contribution in [0, 0.1) is 0 Å². The van der Waals surface area contributed by atoms with E-state index in [2.05, 4.69) is 20.7 Å². The van der Waals surface area contributed by atoms with Crippen LogP contribution in [0.25, 0.3) is 0 Å². The molecule has 0 spiro atoms. The third-order valence-corrected chi connectivity index (χ3v) is 2.05. The SMILES string of the molecule is NNc1cc(NCCCCC(N)=O)nc(N)n1. The summed E-state index contributed by atoms with van der Waals surface area (Å²) in [6.45, 7) is 0.674. The van der Waals surface area contributed by atoms with Crippen LogP contribution in [0.1, 0.15) is 19.3 Å². The van der Waals surface area contributed by atoms with E-state index in [9.17, 15) is 4.79 Å². The van der Waals surface area contributed by atoms with Crippen LogP contribution in [0.5, 0.6) is 0 Å². The van der Waals surface area contributed by atoms with Gasteiger partial charge in [-0.15, -0.1) is 0 Å². The molecule has 8 heteroatoms. The fourth-order valence-corrected chi connectivity index (χ4v) is 1.27. The van der Waals surface area contributed by atoms with Crippen LogP contribution in [0.4, 0.5) is 17.6 Å². The molecule has 0 atom stereocenters. The second kappa shape index (κ2) is 6.48. The Morgan fingerprint density at radius 1 is 1.29 bits per heavy atom. The monoisotopic (exact) mass is 239 g/mol. The molecule has 0 aliphatic heterocycles. The van der Waals surface area contributed by atoms with Gasteiger partial charge in [-0.3, -0.25) is 4.79 Å². The molecule has 0 aromatic carbocycles. The van der Waals surface area contributed by atoms with Crippen LogP contribution >= 0.6 is 0 Å². The first-order chi connectivity index (χ1) is 8.11. The van der Waals surface area contributed by atoms with Crippen molar-refractivity contribution in [3.05, 3.63) is 6.07 Å². The van der Waals surface area contributed by atoms with Crippen molar-refractivity contribution in [3.63, 3.8) is 0 Å². The average molecular weight is 239 g/mol. The highest BCUT2D eigenvalue weighted by atomic mass is 16.1. The Morgan fingerprint density at radius 3 is 2.65 bits per heavy atom. The van der Waals surface area contributed by atoms with E-state index < -0.39 is 0 Å². The number of hydrogen-bond donors (Lipinski definition) is 5. The summed E-state index contributed by atoms with van der Waals surface area (Å²) in [5, 5.41) is 3.06. The molecule has 94 valence electrons. The fraction of sp³-hybridized carbons (Fsp3) is 0.444. The molecule has 1 amide bonds. The number of rotatable bonds is 7. The summed E-state index contributed by atoms with van der Waals surface area (Å²) < 4.78 is 0. The van der Waals surface area contributed by atoms with Crippen molar-refractivity contribution < 1.29 is 4.79 Å². The Morgan fingerprint density at radius 2 is 2.00 bits per heavy atom. The van der Waals surface area contributed by atoms with Crippen LogP contribution < -0.4 is 28.1 Å². The minimum Gasteiger partial charge on any atom is -0.370 e. The van der Waals surface area contributed by atoms with Crippen LogP contribution in [0.15, 0.2) is 6.07 Å². The van der Waals surface area contributed by atoms with Crippen molar-refractivity contribution in [2.24, 2.45) is 11.6 Å². The first-order valence-electron chi connectivity index (χ1n) is 5.25. The Kier molecular flexibility index (Phi) is 4.95. The quantitative estimate of drug-likeness (QED) is 0.243. The lowest BCUT2D eigenvalue weighted by Gasteiger charge is -2.07. The van der Waals surface area contributed by atoms with Crippen molar-refractivity contribution in [3.8, 4) is 0 Å². The zero-order chi connectivity index (χ0) is 12.7. The zero-order valence-corrected chi connectivity index (χ0v) is 9.44. The number of nitrogens with two attached hydrogens (primary N) is 3. The Hall–Kier alpha value is -2.09. The van der Waals surface area contributed by atoms with Gasteiger partial charge in [-0.25, -0.2) is 5.84 Å². The predicted molar refractivity (Wildman–Crippen MR) is 65.8 cm³/mol. The predicted octanol–water partition coefficient (Wildman–Crippen LogP) is -0.588. The van der Waals surface area contributed by atoms with Gasteiger partial charge in [0.05, 0.1) is 0 Å². The third kappa shape index (κ3) is 4.98. The molecule has 17 heavy (non-hydrogen) atoms. The molecular weight excluding hydrogens is 222 g/mol. The maximum absolute atomic E-state index is 10.5. The molecule has 8 nitrogen and oxygen atoms in total. The van der Waals surface area contributed by atoms with Crippen molar-refractivity contribution in [2.75, 3.05) is 23.0 Å². The summed E-state index contributed by atoms with van der Waals surface area (Å²) in [4.78, 5) is 18.3. The minimum atomic E-state index is -0.286. The number of nitrogens with one attached hydrogen (secondary N) is 2. The van der Waals surface area contributed by atoms with E-state index in [-0.39, 0.29) is 11.9 Å². The van der Waals surface area contributed by atoms with Gasteiger partial charge >= 0.3 is 0 Å². The van der Waals surface area contributed by atoms with Crippen molar-refractivity contribution in [1.82, 2.24) is 9.97 Å². The summed E-state index contributed by atoms with van der Waals surface area (Å²) >= 11 is 0. The molecule has 1 aromatic rings. The molecule has 0 aliphatic carbocycles. The summed E-state index contributed by atoms with van der Waals surface area (Å²) in [5.74, 6) is 6.10. The number of carbonyl (C=O) groups is 1. The van der Waals surface area contributed by atoms with E-state index in [1.165, 1.54) is 0 Å².